The number of fused-ring (bicyclic) bond motifs is 1. The summed E-state index contributed by atoms with van der Waals surface area (Å²) in [6, 6.07) is 1.37. The summed E-state index contributed by atoms with van der Waals surface area (Å²) in [4.78, 5) is 6.35. The Kier molecular flexibility index (Phi) is 5.45. The lowest BCUT2D eigenvalue weighted by Crippen LogP contribution is -2.44. The monoisotopic (exact) mass is 452 g/mol. The van der Waals surface area contributed by atoms with Crippen LogP contribution < -0.4 is 10.5 Å². The Balaban J connectivity index is 1.79. The van der Waals surface area contributed by atoms with Crippen molar-refractivity contribution < 1.29 is 12.8 Å². The number of aromatic nitrogens is 1. The van der Waals surface area contributed by atoms with Gasteiger partial charge >= 0.3 is 0 Å². The maximum Gasteiger partial charge on any atom is 0.241 e. The van der Waals surface area contributed by atoms with Gasteiger partial charge in [0.25, 0.3) is 0 Å². The maximum atomic E-state index is 15.5. The van der Waals surface area contributed by atoms with E-state index in [9.17, 15) is 8.42 Å². The summed E-state index contributed by atoms with van der Waals surface area (Å²) in [6.45, 7) is 9.36. The number of hydrogen-bond donors (Lipinski definition) is 2. The Morgan fingerprint density at radius 1 is 1.40 bits per heavy atom. The zero-order valence-electron chi connectivity index (χ0n) is 17.7. The van der Waals surface area contributed by atoms with E-state index in [2.05, 4.69) is 29.0 Å². The lowest BCUT2D eigenvalue weighted by Gasteiger charge is -2.33. The highest BCUT2D eigenvalue weighted by Gasteiger charge is 2.51. The van der Waals surface area contributed by atoms with Gasteiger partial charge in [-0.25, -0.2) is 22.9 Å². The minimum Gasteiger partial charge on any atom is -0.382 e. The Bertz CT molecular complexity index is 1050. The van der Waals surface area contributed by atoms with Crippen molar-refractivity contribution in [1.29, 1.82) is 0 Å². The zero-order chi connectivity index (χ0) is 21.7. The molecule has 1 aromatic carbocycles. The van der Waals surface area contributed by atoms with Crippen LogP contribution in [0, 0.1) is 11.2 Å². The lowest BCUT2D eigenvalue weighted by molar-refractivity contribution is 0.209. The van der Waals surface area contributed by atoms with Crippen molar-refractivity contribution >= 4 is 27.0 Å². The molecule has 3 heterocycles. The van der Waals surface area contributed by atoms with E-state index < -0.39 is 20.7 Å². The Morgan fingerprint density at radius 3 is 2.80 bits per heavy atom. The fourth-order valence-corrected chi connectivity index (χ4v) is 6.68. The first-order valence-electron chi connectivity index (χ1n) is 10.3. The second-order valence-corrected chi connectivity index (χ2v) is 11.7. The first-order valence-corrected chi connectivity index (χ1v) is 12.8. The normalized spacial score (nSPS) is 23.6. The minimum absolute atomic E-state index is 0.0454. The number of hydrogen-bond acceptors (Lipinski definition) is 6. The molecule has 2 aliphatic rings. The topological polar surface area (TPSA) is 88.3 Å². The van der Waals surface area contributed by atoms with Gasteiger partial charge < -0.3 is 5.32 Å². The Hall–Kier alpha value is -1.55. The molecule has 2 aliphatic heterocycles. The molecule has 0 radical (unpaired) electrons. The van der Waals surface area contributed by atoms with Crippen LogP contribution in [0.15, 0.2) is 22.5 Å². The fraction of sp³-hybridized carbons (Fsp3) is 0.571. The zero-order valence-corrected chi connectivity index (χ0v) is 19.3. The van der Waals surface area contributed by atoms with Crippen LogP contribution in [0.1, 0.15) is 45.6 Å². The predicted molar refractivity (Wildman–Crippen MR) is 119 cm³/mol. The number of aryl methyl sites for hydroxylation is 1. The molecule has 3 N–H and O–H groups in total. The summed E-state index contributed by atoms with van der Waals surface area (Å²) in [7, 11) is -4.19. The van der Waals surface area contributed by atoms with Gasteiger partial charge in [-0.15, -0.1) is 11.3 Å². The molecule has 0 saturated carbocycles. The smallest absolute Gasteiger partial charge is 0.241 e. The summed E-state index contributed by atoms with van der Waals surface area (Å²) in [5.41, 5.74) is 1.85. The van der Waals surface area contributed by atoms with Gasteiger partial charge in [0.15, 0.2) is 5.82 Å². The van der Waals surface area contributed by atoms with E-state index in [1.165, 1.54) is 17.4 Å². The van der Waals surface area contributed by atoms with Gasteiger partial charge in [0, 0.05) is 30.2 Å². The molecule has 2 fully saturated rings. The number of nitrogens with two attached hydrogens (primary N) is 1. The van der Waals surface area contributed by atoms with E-state index >= 15 is 4.39 Å². The molecule has 0 unspecified atom stereocenters. The molecule has 2 saturated heterocycles. The summed E-state index contributed by atoms with van der Waals surface area (Å²) in [5, 5.41) is 11.0. The average molecular weight is 453 g/mol. The van der Waals surface area contributed by atoms with Crippen LogP contribution in [-0.4, -0.2) is 43.5 Å². The van der Waals surface area contributed by atoms with Crippen LogP contribution in [0.4, 0.5) is 10.1 Å². The number of benzene rings is 1. The molecule has 30 heavy (non-hydrogen) atoms. The molecular formula is C21H29FN4O2S2. The molecule has 1 aromatic heterocycles. The molecule has 164 valence electrons. The Morgan fingerprint density at radius 2 is 2.17 bits per heavy atom. The standard InChI is InChI=1S/C21H29FN4O2S2/c1-4-14-10-15(30(23,27)28)17(22)16(19-24-7-9-29-19)18(14)25-12-21-6-5-8-26(21)13-20(2,3)11-21/h7,9-10,25H,4-6,8,11-13H2,1-3H3,(H2,23,27,28)/t21-/m0/s1. The molecule has 9 heteroatoms. The van der Waals surface area contributed by atoms with Crippen molar-refractivity contribution in [3.05, 3.63) is 29.0 Å². The highest BCUT2D eigenvalue weighted by Crippen LogP contribution is 2.48. The van der Waals surface area contributed by atoms with Crippen molar-refractivity contribution in [1.82, 2.24) is 9.88 Å². The lowest BCUT2D eigenvalue weighted by atomic mass is 9.82. The van der Waals surface area contributed by atoms with Gasteiger partial charge in [0.1, 0.15) is 9.90 Å². The van der Waals surface area contributed by atoms with Crippen LogP contribution in [0.2, 0.25) is 0 Å². The number of halogens is 1. The molecule has 4 rings (SSSR count). The van der Waals surface area contributed by atoms with Gasteiger partial charge in [-0.1, -0.05) is 20.8 Å². The van der Waals surface area contributed by atoms with Gasteiger partial charge in [0.2, 0.25) is 10.0 Å². The largest absolute Gasteiger partial charge is 0.382 e. The Labute approximate surface area is 181 Å². The first kappa shape index (κ1) is 21.7. The summed E-state index contributed by atoms with van der Waals surface area (Å²) in [6.07, 6.45) is 5.49. The van der Waals surface area contributed by atoms with E-state index in [-0.39, 0.29) is 16.5 Å². The average Bonchev–Trinajstić information content (AvgIpc) is 3.33. The van der Waals surface area contributed by atoms with Gasteiger partial charge in [0.05, 0.1) is 11.3 Å². The molecule has 1 atom stereocenters. The summed E-state index contributed by atoms with van der Waals surface area (Å²) < 4.78 is 39.5. The number of primary sulfonamides is 1. The number of nitrogens with zero attached hydrogens (tertiary/aromatic N) is 2. The van der Waals surface area contributed by atoms with Crippen LogP contribution in [0.25, 0.3) is 10.6 Å². The number of anilines is 1. The van der Waals surface area contributed by atoms with E-state index in [1.54, 1.807) is 11.6 Å². The van der Waals surface area contributed by atoms with Crippen molar-refractivity contribution in [3.8, 4) is 10.6 Å². The third-order valence-electron chi connectivity index (χ3n) is 6.41. The quantitative estimate of drug-likeness (QED) is 0.695. The number of rotatable bonds is 6. The predicted octanol–water partition coefficient (Wildman–Crippen LogP) is 3.84. The van der Waals surface area contributed by atoms with Crippen molar-refractivity contribution in [3.63, 3.8) is 0 Å². The van der Waals surface area contributed by atoms with Crippen molar-refractivity contribution in [2.24, 2.45) is 10.6 Å². The summed E-state index contributed by atoms with van der Waals surface area (Å²) in [5.74, 6) is -0.834. The maximum absolute atomic E-state index is 15.5. The van der Waals surface area contributed by atoms with Crippen LogP contribution >= 0.6 is 11.3 Å². The van der Waals surface area contributed by atoms with E-state index in [4.69, 9.17) is 5.14 Å². The molecule has 0 aliphatic carbocycles. The van der Waals surface area contributed by atoms with Crippen molar-refractivity contribution in [2.75, 3.05) is 25.0 Å². The van der Waals surface area contributed by atoms with E-state index in [0.29, 0.717) is 23.7 Å². The number of sulfonamides is 1. The van der Waals surface area contributed by atoms with Crippen LogP contribution in [-0.2, 0) is 16.4 Å². The first-order chi connectivity index (χ1) is 14.1. The number of nitrogens with one attached hydrogen (secondary N) is 1. The van der Waals surface area contributed by atoms with Gasteiger partial charge in [-0.05, 0) is 49.3 Å². The highest BCUT2D eigenvalue weighted by atomic mass is 32.2. The van der Waals surface area contributed by atoms with Gasteiger partial charge in [-0.3, -0.25) is 4.90 Å². The molecular weight excluding hydrogens is 423 g/mol. The molecule has 0 amide bonds. The van der Waals surface area contributed by atoms with Gasteiger partial charge in [-0.2, -0.15) is 0 Å². The third kappa shape index (κ3) is 3.77. The van der Waals surface area contributed by atoms with Crippen LogP contribution in [0.5, 0.6) is 0 Å². The van der Waals surface area contributed by atoms with Crippen molar-refractivity contribution in [2.45, 2.75) is 56.9 Å². The van der Waals surface area contributed by atoms with E-state index in [0.717, 1.165) is 37.9 Å². The third-order valence-corrected chi connectivity index (χ3v) is 8.11. The van der Waals surface area contributed by atoms with Crippen LogP contribution in [0.3, 0.4) is 0 Å². The fourth-order valence-electron chi connectivity index (χ4n) is 5.34. The molecule has 6 nitrogen and oxygen atoms in total. The minimum atomic E-state index is -4.19. The summed E-state index contributed by atoms with van der Waals surface area (Å²) >= 11 is 1.28. The SMILES string of the molecule is CCc1cc(S(N)(=O)=O)c(F)c(-c2nccs2)c1NC[C@@]12CCCN1CC(C)(C)C2. The molecule has 0 spiro atoms. The second-order valence-electron chi connectivity index (χ2n) is 9.28. The number of thiazole rings is 1. The van der Waals surface area contributed by atoms with E-state index in [1.807, 2.05) is 6.92 Å². The molecule has 2 aromatic rings. The highest BCUT2D eigenvalue weighted by molar-refractivity contribution is 7.89. The molecule has 0 bridgehead atoms. The second kappa shape index (κ2) is 7.55.